The van der Waals surface area contributed by atoms with Gasteiger partial charge in [-0.15, -0.1) is 0 Å². The number of nitrogens with zero attached hydrogens (tertiary/aromatic N) is 1. The highest BCUT2D eigenvalue weighted by molar-refractivity contribution is 5.42. The SMILES string of the molecule is N#CCc1ccc(OC(F)F)cc1OCC1CC1. The molecule has 1 aliphatic rings. The predicted molar refractivity (Wildman–Crippen MR) is 60.6 cm³/mol. The van der Waals surface area contributed by atoms with Gasteiger partial charge >= 0.3 is 6.61 Å². The molecule has 0 saturated heterocycles. The fourth-order valence-corrected chi connectivity index (χ4v) is 1.57. The minimum absolute atomic E-state index is 0.0532. The fraction of sp³-hybridized carbons (Fsp3) is 0.462. The van der Waals surface area contributed by atoms with Crippen LogP contribution in [0.15, 0.2) is 18.2 Å². The molecule has 1 aromatic carbocycles. The molecule has 0 amide bonds. The van der Waals surface area contributed by atoms with Gasteiger partial charge in [-0.05, 0) is 24.8 Å². The number of rotatable bonds is 6. The topological polar surface area (TPSA) is 42.2 Å². The van der Waals surface area contributed by atoms with Crippen molar-refractivity contribution in [2.75, 3.05) is 6.61 Å². The predicted octanol–water partition coefficient (Wildman–Crippen LogP) is 3.14. The summed E-state index contributed by atoms with van der Waals surface area (Å²) < 4.78 is 34.1. The maximum atomic E-state index is 12.1. The Hall–Kier alpha value is -1.83. The number of ether oxygens (including phenoxy) is 2. The third-order valence-corrected chi connectivity index (χ3v) is 2.70. The standard InChI is InChI=1S/C13H13F2NO2/c14-13(15)18-11-4-3-10(5-6-16)12(7-11)17-8-9-1-2-9/h3-4,7,9,13H,1-2,5,8H2. The summed E-state index contributed by atoms with van der Waals surface area (Å²) in [4.78, 5) is 0. The van der Waals surface area contributed by atoms with Crippen molar-refractivity contribution in [1.29, 1.82) is 5.26 Å². The normalized spacial score (nSPS) is 14.3. The molecule has 18 heavy (non-hydrogen) atoms. The van der Waals surface area contributed by atoms with Crippen LogP contribution in [0.25, 0.3) is 0 Å². The summed E-state index contributed by atoms with van der Waals surface area (Å²) in [5.41, 5.74) is 0.694. The first-order valence-electron chi connectivity index (χ1n) is 5.76. The van der Waals surface area contributed by atoms with Crippen molar-refractivity contribution in [2.45, 2.75) is 25.9 Å². The van der Waals surface area contributed by atoms with E-state index in [1.54, 1.807) is 6.07 Å². The van der Waals surface area contributed by atoms with Gasteiger partial charge in [-0.3, -0.25) is 0 Å². The molecule has 1 aromatic rings. The second kappa shape index (κ2) is 5.67. The van der Waals surface area contributed by atoms with E-state index in [-0.39, 0.29) is 12.2 Å². The van der Waals surface area contributed by atoms with Gasteiger partial charge in [0.15, 0.2) is 0 Å². The molecule has 2 rings (SSSR count). The third kappa shape index (κ3) is 3.59. The lowest BCUT2D eigenvalue weighted by Gasteiger charge is -2.12. The second-order valence-corrected chi connectivity index (χ2v) is 4.24. The number of hydrogen-bond acceptors (Lipinski definition) is 3. The van der Waals surface area contributed by atoms with Gasteiger partial charge in [0, 0.05) is 11.6 Å². The molecule has 0 heterocycles. The molecular formula is C13H13F2NO2. The number of halogens is 2. The number of benzene rings is 1. The first kappa shape index (κ1) is 12.6. The van der Waals surface area contributed by atoms with Gasteiger partial charge < -0.3 is 9.47 Å². The molecule has 1 saturated carbocycles. The van der Waals surface area contributed by atoms with Gasteiger partial charge in [-0.1, -0.05) is 6.07 Å². The van der Waals surface area contributed by atoms with E-state index in [9.17, 15) is 8.78 Å². The van der Waals surface area contributed by atoms with Crippen LogP contribution in [0.3, 0.4) is 0 Å². The molecule has 3 nitrogen and oxygen atoms in total. The van der Waals surface area contributed by atoms with Crippen LogP contribution < -0.4 is 9.47 Å². The lowest BCUT2D eigenvalue weighted by atomic mass is 10.1. The van der Waals surface area contributed by atoms with E-state index in [1.807, 2.05) is 6.07 Å². The largest absolute Gasteiger partial charge is 0.493 e. The van der Waals surface area contributed by atoms with E-state index in [4.69, 9.17) is 10.00 Å². The molecule has 0 unspecified atom stereocenters. The van der Waals surface area contributed by atoms with Crippen molar-refractivity contribution in [3.63, 3.8) is 0 Å². The molecule has 5 heteroatoms. The number of alkyl halides is 2. The van der Waals surface area contributed by atoms with Crippen molar-refractivity contribution in [2.24, 2.45) is 5.92 Å². The molecule has 0 N–H and O–H groups in total. The first-order chi connectivity index (χ1) is 8.69. The van der Waals surface area contributed by atoms with Crippen LogP contribution in [0.4, 0.5) is 8.78 Å². The highest BCUT2D eigenvalue weighted by atomic mass is 19.3. The van der Waals surface area contributed by atoms with E-state index in [1.165, 1.54) is 12.1 Å². The van der Waals surface area contributed by atoms with Crippen LogP contribution in [0.5, 0.6) is 11.5 Å². The smallest absolute Gasteiger partial charge is 0.387 e. The van der Waals surface area contributed by atoms with Crippen LogP contribution in [0.2, 0.25) is 0 Å². The monoisotopic (exact) mass is 253 g/mol. The lowest BCUT2D eigenvalue weighted by molar-refractivity contribution is -0.0499. The maximum Gasteiger partial charge on any atom is 0.387 e. The van der Waals surface area contributed by atoms with Crippen molar-refractivity contribution < 1.29 is 18.3 Å². The second-order valence-electron chi connectivity index (χ2n) is 4.24. The molecule has 0 aromatic heterocycles. The van der Waals surface area contributed by atoms with Crippen molar-refractivity contribution in [1.82, 2.24) is 0 Å². The van der Waals surface area contributed by atoms with Gasteiger partial charge in [0.1, 0.15) is 11.5 Å². The molecule has 0 spiro atoms. The van der Waals surface area contributed by atoms with Crippen LogP contribution in [0.1, 0.15) is 18.4 Å². The zero-order valence-electron chi connectivity index (χ0n) is 9.73. The third-order valence-electron chi connectivity index (χ3n) is 2.70. The lowest BCUT2D eigenvalue weighted by Crippen LogP contribution is -2.05. The van der Waals surface area contributed by atoms with Crippen LogP contribution in [-0.2, 0) is 6.42 Å². The Kier molecular flexibility index (Phi) is 3.98. The Bertz CT molecular complexity index is 453. The summed E-state index contributed by atoms with van der Waals surface area (Å²) >= 11 is 0. The van der Waals surface area contributed by atoms with Crippen molar-refractivity contribution in [3.05, 3.63) is 23.8 Å². The Morgan fingerprint density at radius 3 is 2.78 bits per heavy atom. The molecule has 0 aliphatic heterocycles. The summed E-state index contributed by atoms with van der Waals surface area (Å²) in [6.45, 7) is -2.29. The zero-order valence-corrected chi connectivity index (χ0v) is 9.73. The minimum atomic E-state index is -2.86. The van der Waals surface area contributed by atoms with E-state index in [2.05, 4.69) is 4.74 Å². The maximum absolute atomic E-state index is 12.1. The Balaban J connectivity index is 2.11. The number of nitriles is 1. The molecule has 96 valence electrons. The van der Waals surface area contributed by atoms with Crippen LogP contribution in [0, 0.1) is 17.2 Å². The van der Waals surface area contributed by atoms with Gasteiger partial charge in [0.05, 0.1) is 19.1 Å². The molecule has 1 aliphatic carbocycles. The Morgan fingerprint density at radius 2 is 2.17 bits per heavy atom. The summed E-state index contributed by atoms with van der Waals surface area (Å²) in [5, 5.41) is 8.69. The fourth-order valence-electron chi connectivity index (χ4n) is 1.57. The molecular weight excluding hydrogens is 240 g/mol. The summed E-state index contributed by atoms with van der Waals surface area (Å²) in [7, 11) is 0. The molecule has 0 radical (unpaired) electrons. The molecule has 0 bridgehead atoms. The number of hydrogen-bond donors (Lipinski definition) is 0. The van der Waals surface area contributed by atoms with Crippen molar-refractivity contribution in [3.8, 4) is 17.6 Å². The van der Waals surface area contributed by atoms with Gasteiger partial charge in [0.2, 0.25) is 0 Å². The average molecular weight is 253 g/mol. The van der Waals surface area contributed by atoms with E-state index >= 15 is 0 Å². The Labute approximate surface area is 104 Å². The van der Waals surface area contributed by atoms with E-state index in [0.717, 1.165) is 12.8 Å². The van der Waals surface area contributed by atoms with E-state index < -0.39 is 6.61 Å². The Morgan fingerprint density at radius 1 is 1.39 bits per heavy atom. The van der Waals surface area contributed by atoms with Crippen LogP contribution in [-0.4, -0.2) is 13.2 Å². The molecule has 0 atom stereocenters. The highest BCUT2D eigenvalue weighted by Gasteiger charge is 2.22. The van der Waals surface area contributed by atoms with Gasteiger partial charge in [-0.25, -0.2) is 0 Å². The van der Waals surface area contributed by atoms with Gasteiger partial charge in [-0.2, -0.15) is 14.0 Å². The summed E-state index contributed by atoms with van der Waals surface area (Å²) in [6, 6.07) is 6.44. The van der Waals surface area contributed by atoms with Gasteiger partial charge in [0.25, 0.3) is 0 Å². The van der Waals surface area contributed by atoms with Crippen LogP contribution >= 0.6 is 0 Å². The quantitative estimate of drug-likeness (QED) is 0.782. The highest BCUT2D eigenvalue weighted by Crippen LogP contribution is 2.32. The summed E-state index contributed by atoms with van der Waals surface area (Å²) in [5.74, 6) is 1.07. The molecule has 1 fully saturated rings. The first-order valence-corrected chi connectivity index (χ1v) is 5.76. The van der Waals surface area contributed by atoms with Crippen molar-refractivity contribution >= 4 is 0 Å². The van der Waals surface area contributed by atoms with E-state index in [0.29, 0.717) is 23.8 Å². The zero-order chi connectivity index (χ0) is 13.0. The summed E-state index contributed by atoms with van der Waals surface area (Å²) in [6.07, 6.45) is 2.47. The average Bonchev–Trinajstić information content (AvgIpc) is 3.12. The minimum Gasteiger partial charge on any atom is -0.493 e.